The Kier molecular flexibility index (Phi) is 5.07. The first-order valence-electron chi connectivity index (χ1n) is 6.31. The minimum atomic E-state index is -1.58. The van der Waals surface area contributed by atoms with E-state index in [1.54, 1.807) is 12.1 Å². The minimum Gasteiger partial charge on any atom is -0.502 e. The van der Waals surface area contributed by atoms with Gasteiger partial charge in [0.05, 0.1) is 12.1 Å². The third-order valence-electron chi connectivity index (χ3n) is 2.84. The minimum absolute atomic E-state index is 0.388. The number of carbonyl (C=O) groups excluding carboxylic acids is 1. The van der Waals surface area contributed by atoms with Gasteiger partial charge in [-0.3, -0.25) is 4.79 Å². The summed E-state index contributed by atoms with van der Waals surface area (Å²) in [7, 11) is 0. The number of nitrogens with one attached hydrogen (secondary N) is 1. The molecule has 0 heterocycles. The van der Waals surface area contributed by atoms with E-state index in [4.69, 9.17) is 10.2 Å². The van der Waals surface area contributed by atoms with Gasteiger partial charge in [0, 0.05) is 0 Å². The van der Waals surface area contributed by atoms with Gasteiger partial charge in [-0.15, -0.1) is 0 Å². The maximum atomic E-state index is 13.0. The number of carbonyl (C=O) groups is 2. The third-order valence-corrected chi connectivity index (χ3v) is 2.84. The Morgan fingerprint density at radius 2 is 1.71 bits per heavy atom. The van der Waals surface area contributed by atoms with Crippen LogP contribution in [0.2, 0.25) is 0 Å². The van der Waals surface area contributed by atoms with E-state index in [-0.39, 0.29) is 11.2 Å². The molecule has 114 valence electrons. The van der Waals surface area contributed by atoms with Gasteiger partial charge in [-0.1, -0.05) is 32.9 Å². The molecule has 1 rings (SSSR count). The van der Waals surface area contributed by atoms with Crippen LogP contribution in [0, 0.1) is 11.2 Å². The second-order valence-electron chi connectivity index (χ2n) is 5.69. The van der Waals surface area contributed by atoms with Crippen LogP contribution in [-0.4, -0.2) is 22.1 Å². The summed E-state index contributed by atoms with van der Waals surface area (Å²) in [6.07, 6.45) is 0.602. The third kappa shape index (κ3) is 4.91. The fraction of sp³-hybridized carbons (Fsp3) is 0.333. The molecule has 1 unspecified atom stereocenters. The highest BCUT2D eigenvalue weighted by atomic mass is 19.1. The Balaban J connectivity index is 3.01. The van der Waals surface area contributed by atoms with E-state index in [9.17, 15) is 14.0 Å². The number of hydrogen-bond acceptors (Lipinski definition) is 3. The molecular formula is C15H18FNO4. The molecule has 0 aliphatic heterocycles. The second-order valence-corrected chi connectivity index (χ2v) is 5.69. The zero-order valence-electron chi connectivity index (χ0n) is 12.1. The van der Waals surface area contributed by atoms with Crippen LogP contribution >= 0.6 is 0 Å². The number of carboxylic acids is 1. The highest BCUT2D eigenvalue weighted by molar-refractivity contribution is 5.96. The molecule has 0 spiro atoms. The fourth-order valence-electron chi connectivity index (χ4n) is 1.82. The number of aliphatic hydroxyl groups is 1. The molecule has 0 aromatic heterocycles. The van der Waals surface area contributed by atoms with Gasteiger partial charge in [-0.2, -0.15) is 0 Å². The van der Waals surface area contributed by atoms with Gasteiger partial charge >= 0.3 is 5.97 Å². The average molecular weight is 295 g/mol. The molecule has 1 amide bonds. The molecule has 21 heavy (non-hydrogen) atoms. The lowest BCUT2D eigenvalue weighted by atomic mass is 9.82. The molecule has 3 N–H and O–H groups in total. The van der Waals surface area contributed by atoms with Crippen molar-refractivity contribution >= 4 is 11.9 Å². The van der Waals surface area contributed by atoms with Gasteiger partial charge in [-0.05, 0) is 23.1 Å². The lowest BCUT2D eigenvalue weighted by Crippen LogP contribution is -2.36. The Bertz CT molecular complexity index is 558. The van der Waals surface area contributed by atoms with E-state index >= 15 is 0 Å². The van der Waals surface area contributed by atoms with Crippen LogP contribution in [0.25, 0.3) is 0 Å². The maximum Gasteiger partial charge on any atom is 0.371 e. The predicted molar refractivity (Wildman–Crippen MR) is 75.1 cm³/mol. The number of aliphatic carboxylic acids is 1. The van der Waals surface area contributed by atoms with Crippen molar-refractivity contribution in [3.05, 3.63) is 47.5 Å². The summed E-state index contributed by atoms with van der Waals surface area (Å²) < 4.78 is 13.0. The molecule has 1 aromatic carbocycles. The quantitative estimate of drug-likeness (QED) is 0.588. The molecule has 0 saturated heterocycles. The zero-order valence-corrected chi connectivity index (χ0v) is 12.1. The van der Waals surface area contributed by atoms with Crippen LogP contribution in [0.4, 0.5) is 4.39 Å². The SMILES string of the molecule is CC(C)(C)C(NC(=O)C=C(O)C(=O)O)c1ccc(F)cc1. The first-order chi connectivity index (χ1) is 9.61. The standard InChI is InChI=1S/C15H18FNO4/c1-15(2,3)13(9-4-6-10(16)7-5-9)17-12(19)8-11(18)14(20)21/h4-8,13,18H,1-3H3,(H,17,19)(H,20,21). The van der Waals surface area contributed by atoms with Crippen molar-refractivity contribution in [3.63, 3.8) is 0 Å². The van der Waals surface area contributed by atoms with Gasteiger partial charge in [0.1, 0.15) is 5.82 Å². The van der Waals surface area contributed by atoms with E-state index in [0.717, 1.165) is 0 Å². The second kappa shape index (κ2) is 6.39. The lowest BCUT2D eigenvalue weighted by molar-refractivity contribution is -0.136. The van der Waals surface area contributed by atoms with Crippen LogP contribution < -0.4 is 5.32 Å². The summed E-state index contributed by atoms with van der Waals surface area (Å²) in [4.78, 5) is 22.3. The Morgan fingerprint density at radius 1 is 1.19 bits per heavy atom. The first-order valence-corrected chi connectivity index (χ1v) is 6.31. The van der Waals surface area contributed by atoms with Crippen LogP contribution in [0.1, 0.15) is 32.4 Å². The predicted octanol–water partition coefficient (Wildman–Crippen LogP) is 2.56. The van der Waals surface area contributed by atoms with Crippen molar-refractivity contribution in [2.45, 2.75) is 26.8 Å². The number of aliphatic hydroxyl groups excluding tert-OH is 1. The molecule has 0 radical (unpaired) electrons. The largest absolute Gasteiger partial charge is 0.502 e. The molecule has 1 aromatic rings. The Labute approximate surface area is 122 Å². The van der Waals surface area contributed by atoms with Crippen LogP contribution in [0.3, 0.4) is 0 Å². The van der Waals surface area contributed by atoms with Crippen molar-refractivity contribution < 1.29 is 24.2 Å². The Morgan fingerprint density at radius 3 is 2.14 bits per heavy atom. The number of hydrogen-bond donors (Lipinski definition) is 3. The number of rotatable bonds is 4. The van der Waals surface area contributed by atoms with E-state index in [0.29, 0.717) is 11.6 Å². The number of carboxylic acid groups (broad SMARTS) is 1. The molecule has 0 fully saturated rings. The van der Waals surface area contributed by atoms with Gasteiger partial charge in [-0.25, -0.2) is 9.18 Å². The van der Waals surface area contributed by atoms with Crippen LogP contribution in [0.15, 0.2) is 36.1 Å². The molecule has 6 heteroatoms. The molecule has 0 bridgehead atoms. The smallest absolute Gasteiger partial charge is 0.371 e. The van der Waals surface area contributed by atoms with Crippen molar-refractivity contribution in [3.8, 4) is 0 Å². The number of amides is 1. The zero-order chi connectivity index (χ0) is 16.2. The molecule has 5 nitrogen and oxygen atoms in total. The van der Waals surface area contributed by atoms with Crippen molar-refractivity contribution in [1.82, 2.24) is 5.32 Å². The highest BCUT2D eigenvalue weighted by Crippen LogP contribution is 2.32. The first kappa shape index (κ1) is 16.7. The summed E-state index contributed by atoms with van der Waals surface area (Å²) in [5.74, 6) is -3.75. The molecule has 0 aliphatic rings. The molecular weight excluding hydrogens is 277 g/mol. The lowest BCUT2D eigenvalue weighted by Gasteiger charge is -2.31. The van der Waals surface area contributed by atoms with Crippen molar-refractivity contribution in [2.75, 3.05) is 0 Å². The van der Waals surface area contributed by atoms with Gasteiger partial charge in [0.25, 0.3) is 0 Å². The Hall–Kier alpha value is -2.37. The summed E-state index contributed by atoms with van der Waals surface area (Å²) >= 11 is 0. The monoisotopic (exact) mass is 295 g/mol. The molecule has 0 aliphatic carbocycles. The topological polar surface area (TPSA) is 86.6 Å². The normalized spacial score (nSPS) is 13.6. The molecule has 1 atom stereocenters. The summed E-state index contributed by atoms with van der Waals surface area (Å²) in [5.41, 5.74) is 0.292. The summed E-state index contributed by atoms with van der Waals surface area (Å²) in [5, 5.41) is 20.2. The van der Waals surface area contributed by atoms with Gasteiger partial charge in [0.15, 0.2) is 0 Å². The highest BCUT2D eigenvalue weighted by Gasteiger charge is 2.27. The fourth-order valence-corrected chi connectivity index (χ4v) is 1.82. The van der Waals surface area contributed by atoms with Crippen LogP contribution in [-0.2, 0) is 9.59 Å². The van der Waals surface area contributed by atoms with Crippen LogP contribution in [0.5, 0.6) is 0 Å². The van der Waals surface area contributed by atoms with E-state index < -0.39 is 23.7 Å². The van der Waals surface area contributed by atoms with Gasteiger partial charge in [0.2, 0.25) is 11.7 Å². The van der Waals surface area contributed by atoms with E-state index in [1.807, 2.05) is 20.8 Å². The number of halogens is 1. The van der Waals surface area contributed by atoms with Gasteiger partial charge < -0.3 is 15.5 Å². The maximum absolute atomic E-state index is 13.0. The van der Waals surface area contributed by atoms with E-state index in [1.165, 1.54) is 12.1 Å². The summed E-state index contributed by atoms with van der Waals surface area (Å²) in [6, 6.07) is 5.19. The van der Waals surface area contributed by atoms with Crippen molar-refractivity contribution in [1.29, 1.82) is 0 Å². The summed E-state index contributed by atoms with van der Waals surface area (Å²) in [6.45, 7) is 5.63. The average Bonchev–Trinajstić information content (AvgIpc) is 2.35. The van der Waals surface area contributed by atoms with Crippen molar-refractivity contribution in [2.24, 2.45) is 5.41 Å². The molecule has 0 saturated carbocycles. The number of benzene rings is 1. The van der Waals surface area contributed by atoms with E-state index in [2.05, 4.69) is 5.32 Å².